The maximum Gasteiger partial charge on any atom is 0.336 e. The fourth-order valence-electron chi connectivity index (χ4n) is 1.72. The van der Waals surface area contributed by atoms with Crippen molar-refractivity contribution in [3.63, 3.8) is 0 Å². The molecule has 0 radical (unpaired) electrons. The lowest BCUT2D eigenvalue weighted by atomic mass is 10.2. The van der Waals surface area contributed by atoms with Crippen molar-refractivity contribution in [3.8, 4) is 0 Å². The first kappa shape index (κ1) is 11.7. The monoisotopic (exact) mass is 271 g/mol. The zero-order valence-electron chi connectivity index (χ0n) is 9.72. The van der Waals surface area contributed by atoms with E-state index in [0.717, 1.165) is 5.65 Å². The number of aromatic nitrogens is 3. The van der Waals surface area contributed by atoms with Crippen LogP contribution in [0.5, 0.6) is 0 Å². The first-order valence-corrected chi connectivity index (χ1v) is 6.37. The van der Waals surface area contributed by atoms with Crippen molar-refractivity contribution < 1.29 is 9.90 Å². The van der Waals surface area contributed by atoms with E-state index in [2.05, 4.69) is 10.2 Å². The van der Waals surface area contributed by atoms with Crippen LogP contribution in [0.1, 0.15) is 10.4 Å². The Morgan fingerprint density at radius 1 is 1.11 bits per heavy atom. The van der Waals surface area contributed by atoms with Gasteiger partial charge in [-0.2, -0.15) is 0 Å². The summed E-state index contributed by atoms with van der Waals surface area (Å²) in [5, 5.41) is 17.9. The van der Waals surface area contributed by atoms with Gasteiger partial charge in [-0.05, 0) is 36.0 Å². The van der Waals surface area contributed by atoms with E-state index in [0.29, 0.717) is 10.1 Å². The van der Waals surface area contributed by atoms with Crippen molar-refractivity contribution >= 4 is 23.4 Å². The molecule has 2 aromatic heterocycles. The highest BCUT2D eigenvalue weighted by molar-refractivity contribution is 7.99. The summed E-state index contributed by atoms with van der Waals surface area (Å²) in [7, 11) is 0. The number of pyridine rings is 1. The Balaban J connectivity index is 2.04. The fourth-order valence-corrected chi connectivity index (χ4v) is 2.66. The van der Waals surface area contributed by atoms with E-state index in [9.17, 15) is 4.79 Å². The molecule has 0 spiro atoms. The van der Waals surface area contributed by atoms with Gasteiger partial charge in [0.1, 0.15) is 0 Å². The van der Waals surface area contributed by atoms with Gasteiger partial charge < -0.3 is 5.11 Å². The lowest BCUT2D eigenvalue weighted by Gasteiger charge is -2.03. The van der Waals surface area contributed by atoms with Crippen molar-refractivity contribution in [2.45, 2.75) is 10.1 Å². The van der Waals surface area contributed by atoms with E-state index in [-0.39, 0.29) is 5.56 Å². The minimum atomic E-state index is -0.947. The Hall–Kier alpha value is -2.34. The molecule has 2 heterocycles. The highest BCUT2D eigenvalue weighted by atomic mass is 32.2. The van der Waals surface area contributed by atoms with Crippen LogP contribution in [-0.2, 0) is 0 Å². The summed E-state index contributed by atoms with van der Waals surface area (Å²) < 4.78 is 1.82. The fraction of sp³-hybridized carbons (Fsp3) is 0. The second kappa shape index (κ2) is 4.74. The Morgan fingerprint density at radius 3 is 2.74 bits per heavy atom. The summed E-state index contributed by atoms with van der Waals surface area (Å²) in [6, 6.07) is 12.5. The summed E-state index contributed by atoms with van der Waals surface area (Å²) in [4.78, 5) is 11.8. The third kappa shape index (κ3) is 2.17. The van der Waals surface area contributed by atoms with E-state index in [1.54, 1.807) is 24.3 Å². The highest BCUT2D eigenvalue weighted by Crippen LogP contribution is 2.29. The van der Waals surface area contributed by atoms with Crippen LogP contribution in [-0.4, -0.2) is 25.7 Å². The van der Waals surface area contributed by atoms with Gasteiger partial charge in [-0.3, -0.25) is 4.40 Å². The molecule has 6 heteroatoms. The largest absolute Gasteiger partial charge is 0.478 e. The molecule has 0 amide bonds. The molecule has 0 aliphatic rings. The summed E-state index contributed by atoms with van der Waals surface area (Å²) >= 11 is 1.29. The molecule has 94 valence electrons. The Bertz CT molecular complexity index is 754. The first-order valence-electron chi connectivity index (χ1n) is 5.55. The zero-order valence-corrected chi connectivity index (χ0v) is 10.5. The van der Waals surface area contributed by atoms with Crippen LogP contribution >= 0.6 is 11.8 Å². The lowest BCUT2D eigenvalue weighted by Crippen LogP contribution is -1.98. The maximum atomic E-state index is 11.2. The van der Waals surface area contributed by atoms with Crippen LogP contribution in [0.2, 0.25) is 0 Å². The van der Waals surface area contributed by atoms with Crippen LogP contribution in [0.4, 0.5) is 0 Å². The minimum Gasteiger partial charge on any atom is -0.478 e. The standard InChI is InChI=1S/C13H9N3O2S/c17-12(18)9-5-1-2-6-10(9)19-13-15-14-11-7-3-4-8-16(11)13/h1-8H,(H,17,18). The van der Waals surface area contributed by atoms with Gasteiger partial charge in [0.15, 0.2) is 10.8 Å². The molecular weight excluding hydrogens is 262 g/mol. The van der Waals surface area contributed by atoms with Crippen molar-refractivity contribution in [2.24, 2.45) is 0 Å². The summed E-state index contributed by atoms with van der Waals surface area (Å²) in [5.74, 6) is -0.947. The second-order valence-electron chi connectivity index (χ2n) is 3.81. The molecule has 0 saturated carbocycles. The molecule has 0 fully saturated rings. The van der Waals surface area contributed by atoms with Gasteiger partial charge in [0.05, 0.1) is 5.56 Å². The van der Waals surface area contributed by atoms with Gasteiger partial charge in [-0.1, -0.05) is 18.2 Å². The minimum absolute atomic E-state index is 0.264. The number of hydrogen-bond donors (Lipinski definition) is 1. The van der Waals surface area contributed by atoms with Crippen LogP contribution in [0, 0.1) is 0 Å². The number of carbonyl (C=O) groups is 1. The molecule has 19 heavy (non-hydrogen) atoms. The molecule has 0 unspecified atom stereocenters. The number of carboxylic acids is 1. The van der Waals surface area contributed by atoms with Crippen LogP contribution in [0.15, 0.2) is 58.7 Å². The number of hydrogen-bond acceptors (Lipinski definition) is 4. The maximum absolute atomic E-state index is 11.2. The van der Waals surface area contributed by atoms with Gasteiger partial charge in [-0.25, -0.2) is 4.79 Å². The predicted molar refractivity (Wildman–Crippen MR) is 70.5 cm³/mol. The molecule has 0 atom stereocenters. The summed E-state index contributed by atoms with van der Waals surface area (Å²) in [6.07, 6.45) is 1.85. The SMILES string of the molecule is O=C(O)c1ccccc1Sc1nnc2ccccn12. The van der Waals surface area contributed by atoms with Gasteiger partial charge in [0.2, 0.25) is 0 Å². The molecule has 3 aromatic rings. The zero-order chi connectivity index (χ0) is 13.2. The molecular formula is C13H9N3O2S. The van der Waals surface area contributed by atoms with E-state index < -0.39 is 5.97 Å². The average Bonchev–Trinajstić information content (AvgIpc) is 2.83. The predicted octanol–water partition coefficient (Wildman–Crippen LogP) is 2.58. The smallest absolute Gasteiger partial charge is 0.336 e. The normalized spacial score (nSPS) is 10.7. The molecule has 0 aliphatic carbocycles. The quantitative estimate of drug-likeness (QED) is 0.793. The molecule has 0 aliphatic heterocycles. The second-order valence-corrected chi connectivity index (χ2v) is 4.82. The summed E-state index contributed by atoms with van der Waals surface area (Å²) in [6.45, 7) is 0. The van der Waals surface area contributed by atoms with Crippen molar-refractivity contribution in [1.82, 2.24) is 14.6 Å². The molecule has 3 rings (SSSR count). The number of carboxylic acid groups (broad SMARTS) is 1. The van der Waals surface area contributed by atoms with Crippen molar-refractivity contribution in [3.05, 3.63) is 54.2 Å². The van der Waals surface area contributed by atoms with Gasteiger partial charge in [0, 0.05) is 11.1 Å². The highest BCUT2D eigenvalue weighted by Gasteiger charge is 2.13. The molecule has 1 aromatic carbocycles. The molecule has 5 nitrogen and oxygen atoms in total. The van der Waals surface area contributed by atoms with E-state index in [4.69, 9.17) is 5.11 Å². The lowest BCUT2D eigenvalue weighted by molar-refractivity contribution is 0.0693. The van der Waals surface area contributed by atoms with Gasteiger partial charge in [-0.15, -0.1) is 10.2 Å². The Kier molecular flexibility index (Phi) is 2.92. The van der Waals surface area contributed by atoms with Crippen molar-refractivity contribution in [1.29, 1.82) is 0 Å². The number of aromatic carboxylic acids is 1. The average molecular weight is 271 g/mol. The van der Waals surface area contributed by atoms with Gasteiger partial charge in [0.25, 0.3) is 0 Å². The van der Waals surface area contributed by atoms with Crippen molar-refractivity contribution in [2.75, 3.05) is 0 Å². The third-order valence-corrected chi connectivity index (χ3v) is 3.64. The topological polar surface area (TPSA) is 67.5 Å². The Labute approximate surface area is 112 Å². The first-order chi connectivity index (χ1) is 9.25. The van der Waals surface area contributed by atoms with Gasteiger partial charge >= 0.3 is 5.97 Å². The van der Waals surface area contributed by atoms with E-state index in [1.165, 1.54) is 11.8 Å². The third-order valence-electron chi connectivity index (χ3n) is 2.60. The summed E-state index contributed by atoms with van der Waals surface area (Å²) in [5.41, 5.74) is 0.998. The van der Waals surface area contributed by atoms with Crippen LogP contribution in [0.25, 0.3) is 5.65 Å². The number of nitrogens with zero attached hydrogens (tertiary/aromatic N) is 3. The Morgan fingerprint density at radius 2 is 1.89 bits per heavy atom. The van der Waals surface area contributed by atoms with Crippen LogP contribution in [0.3, 0.4) is 0 Å². The molecule has 0 bridgehead atoms. The molecule has 0 saturated heterocycles. The van der Waals surface area contributed by atoms with E-state index >= 15 is 0 Å². The number of rotatable bonds is 3. The van der Waals surface area contributed by atoms with E-state index in [1.807, 2.05) is 28.8 Å². The van der Waals surface area contributed by atoms with Crippen LogP contribution < -0.4 is 0 Å². The molecule has 1 N–H and O–H groups in total. The number of fused-ring (bicyclic) bond motifs is 1. The number of benzene rings is 1.